The zero-order valence-corrected chi connectivity index (χ0v) is 12.0. The minimum Gasteiger partial charge on any atom is -0.394 e. The summed E-state index contributed by atoms with van der Waals surface area (Å²) in [5, 5.41) is 8.42. The largest absolute Gasteiger partial charge is 0.394 e. The number of rotatable bonds is 5. The van der Waals surface area contributed by atoms with E-state index in [0.29, 0.717) is 58.6 Å². The average molecular weight is 293 g/mol. The lowest BCUT2D eigenvalue weighted by atomic mass is 10.1. The lowest BCUT2D eigenvalue weighted by Crippen LogP contribution is -2.46. The van der Waals surface area contributed by atoms with Gasteiger partial charge in [0.15, 0.2) is 0 Å². The molecule has 2 saturated heterocycles. The molecule has 0 aromatic rings. The highest BCUT2D eigenvalue weighted by Crippen LogP contribution is 2.24. The number of aliphatic hydroxyl groups excluding tert-OH is 1. The van der Waals surface area contributed by atoms with Crippen LogP contribution < -0.4 is 0 Å². The van der Waals surface area contributed by atoms with E-state index in [0.717, 1.165) is 0 Å². The lowest BCUT2D eigenvalue weighted by molar-refractivity contribution is 0.00285. The van der Waals surface area contributed by atoms with Crippen LogP contribution in [0.15, 0.2) is 0 Å². The van der Waals surface area contributed by atoms with Gasteiger partial charge >= 0.3 is 0 Å². The van der Waals surface area contributed by atoms with Crippen molar-refractivity contribution in [1.29, 1.82) is 0 Å². The fourth-order valence-electron chi connectivity index (χ4n) is 2.66. The van der Waals surface area contributed by atoms with Gasteiger partial charge in [-0.25, -0.2) is 12.7 Å². The molecular formula is C12H23NO5S. The number of hydrogen-bond acceptors (Lipinski definition) is 5. The van der Waals surface area contributed by atoms with Gasteiger partial charge in [-0.2, -0.15) is 0 Å². The quantitative estimate of drug-likeness (QED) is 0.770. The number of piperidine rings is 1. The van der Waals surface area contributed by atoms with Gasteiger partial charge in [0.2, 0.25) is 10.0 Å². The van der Waals surface area contributed by atoms with Gasteiger partial charge in [-0.05, 0) is 25.7 Å². The van der Waals surface area contributed by atoms with Gasteiger partial charge in [0.05, 0.1) is 24.6 Å². The monoisotopic (exact) mass is 293 g/mol. The van der Waals surface area contributed by atoms with Crippen molar-refractivity contribution < 1.29 is 23.0 Å². The van der Waals surface area contributed by atoms with Crippen LogP contribution in [0.3, 0.4) is 0 Å². The molecule has 0 amide bonds. The topological polar surface area (TPSA) is 76.1 Å². The van der Waals surface area contributed by atoms with Crippen LogP contribution in [0.1, 0.15) is 25.7 Å². The Morgan fingerprint density at radius 1 is 1.16 bits per heavy atom. The van der Waals surface area contributed by atoms with Crippen molar-refractivity contribution in [3.05, 3.63) is 0 Å². The third-order valence-corrected chi connectivity index (χ3v) is 6.19. The highest BCUT2D eigenvalue weighted by molar-refractivity contribution is 7.89. The normalized spacial score (nSPS) is 24.7. The van der Waals surface area contributed by atoms with E-state index in [2.05, 4.69) is 0 Å². The maximum atomic E-state index is 12.5. The van der Waals surface area contributed by atoms with E-state index >= 15 is 0 Å². The maximum absolute atomic E-state index is 12.5. The summed E-state index contributed by atoms with van der Waals surface area (Å²) in [6, 6.07) is 0. The van der Waals surface area contributed by atoms with Gasteiger partial charge in [0.1, 0.15) is 0 Å². The van der Waals surface area contributed by atoms with Gasteiger partial charge in [0, 0.05) is 26.3 Å². The summed E-state index contributed by atoms with van der Waals surface area (Å²) < 4.78 is 37.2. The lowest BCUT2D eigenvalue weighted by Gasteiger charge is -2.34. The number of ether oxygens (including phenoxy) is 2. The number of aliphatic hydroxyl groups is 1. The second kappa shape index (κ2) is 6.99. The van der Waals surface area contributed by atoms with E-state index in [-0.39, 0.29) is 18.0 Å². The molecule has 2 aliphatic rings. The van der Waals surface area contributed by atoms with Crippen molar-refractivity contribution in [2.75, 3.05) is 39.5 Å². The summed E-state index contributed by atoms with van der Waals surface area (Å²) in [7, 11) is -3.18. The van der Waals surface area contributed by atoms with Crippen LogP contribution in [0, 0.1) is 0 Å². The molecule has 112 valence electrons. The zero-order valence-electron chi connectivity index (χ0n) is 11.2. The van der Waals surface area contributed by atoms with Crippen LogP contribution in [-0.4, -0.2) is 68.7 Å². The molecule has 19 heavy (non-hydrogen) atoms. The summed E-state index contributed by atoms with van der Waals surface area (Å²) in [6.07, 6.45) is 2.70. The third kappa shape index (κ3) is 3.88. The van der Waals surface area contributed by atoms with Crippen molar-refractivity contribution in [3.8, 4) is 0 Å². The van der Waals surface area contributed by atoms with Crippen molar-refractivity contribution >= 4 is 10.0 Å². The molecule has 6 nitrogen and oxygen atoms in total. The molecule has 0 atom stereocenters. The fourth-order valence-corrected chi connectivity index (χ4v) is 4.59. The minimum absolute atomic E-state index is 0.0145. The Bertz CT molecular complexity index is 358. The van der Waals surface area contributed by atoms with Gasteiger partial charge in [-0.3, -0.25) is 0 Å². The van der Waals surface area contributed by atoms with E-state index in [9.17, 15) is 8.42 Å². The highest BCUT2D eigenvalue weighted by Gasteiger charge is 2.35. The molecule has 0 bridgehead atoms. The predicted octanol–water partition coefficient (Wildman–Crippen LogP) is -0.0315. The Morgan fingerprint density at radius 2 is 1.79 bits per heavy atom. The molecular weight excluding hydrogens is 270 g/mol. The molecule has 2 rings (SSSR count). The van der Waals surface area contributed by atoms with Gasteiger partial charge < -0.3 is 14.6 Å². The standard InChI is InChI=1S/C12H23NO5S/c14-7-10-18-11-1-5-13(6-2-11)19(15,16)12-3-8-17-9-4-12/h11-12,14H,1-10H2. The summed E-state index contributed by atoms with van der Waals surface area (Å²) in [6.45, 7) is 2.48. The van der Waals surface area contributed by atoms with E-state index in [1.54, 1.807) is 4.31 Å². The van der Waals surface area contributed by atoms with E-state index in [4.69, 9.17) is 14.6 Å². The minimum atomic E-state index is -3.18. The second-order valence-electron chi connectivity index (χ2n) is 5.05. The van der Waals surface area contributed by atoms with Crippen LogP contribution in [0.4, 0.5) is 0 Å². The molecule has 0 aromatic carbocycles. The molecule has 2 heterocycles. The van der Waals surface area contributed by atoms with Crippen LogP contribution in [0.2, 0.25) is 0 Å². The average Bonchev–Trinajstić information content (AvgIpc) is 2.46. The predicted molar refractivity (Wildman–Crippen MR) is 70.4 cm³/mol. The molecule has 7 heteroatoms. The second-order valence-corrected chi connectivity index (χ2v) is 7.26. The maximum Gasteiger partial charge on any atom is 0.217 e. The summed E-state index contributed by atoms with van der Waals surface area (Å²) in [4.78, 5) is 0. The van der Waals surface area contributed by atoms with Crippen LogP contribution >= 0.6 is 0 Å². The molecule has 0 radical (unpaired) electrons. The Hall–Kier alpha value is -0.210. The Morgan fingerprint density at radius 3 is 2.37 bits per heavy atom. The van der Waals surface area contributed by atoms with Crippen molar-refractivity contribution in [2.45, 2.75) is 37.0 Å². The summed E-state index contributed by atoms with van der Waals surface area (Å²) >= 11 is 0. The highest BCUT2D eigenvalue weighted by atomic mass is 32.2. The number of sulfonamides is 1. The van der Waals surface area contributed by atoms with Gasteiger partial charge in [-0.15, -0.1) is 0 Å². The first-order valence-electron chi connectivity index (χ1n) is 6.94. The first-order chi connectivity index (χ1) is 9.14. The first-order valence-corrected chi connectivity index (χ1v) is 8.44. The Labute approximate surface area is 114 Å². The first kappa shape index (κ1) is 15.2. The third-order valence-electron chi connectivity index (χ3n) is 3.80. The number of hydrogen-bond donors (Lipinski definition) is 1. The van der Waals surface area contributed by atoms with Gasteiger partial charge in [-0.1, -0.05) is 0 Å². The Balaban J connectivity index is 1.85. The van der Waals surface area contributed by atoms with Crippen molar-refractivity contribution in [3.63, 3.8) is 0 Å². The molecule has 2 aliphatic heterocycles. The molecule has 0 unspecified atom stereocenters. The molecule has 0 spiro atoms. The van der Waals surface area contributed by atoms with E-state index < -0.39 is 10.0 Å². The van der Waals surface area contributed by atoms with Gasteiger partial charge in [0.25, 0.3) is 0 Å². The fraction of sp³-hybridized carbons (Fsp3) is 1.00. The SMILES string of the molecule is O=S(=O)(C1CCOCC1)N1CCC(OCCO)CC1. The summed E-state index contributed by atoms with van der Waals surface area (Å²) in [5.74, 6) is 0. The zero-order chi connectivity index (χ0) is 13.7. The smallest absolute Gasteiger partial charge is 0.217 e. The van der Waals surface area contributed by atoms with Crippen LogP contribution in [-0.2, 0) is 19.5 Å². The van der Waals surface area contributed by atoms with E-state index in [1.165, 1.54) is 0 Å². The Kier molecular flexibility index (Phi) is 5.58. The van der Waals surface area contributed by atoms with Crippen LogP contribution in [0.5, 0.6) is 0 Å². The molecule has 0 aliphatic carbocycles. The van der Waals surface area contributed by atoms with Crippen molar-refractivity contribution in [2.24, 2.45) is 0 Å². The van der Waals surface area contributed by atoms with E-state index in [1.807, 2.05) is 0 Å². The molecule has 2 fully saturated rings. The van der Waals surface area contributed by atoms with Crippen molar-refractivity contribution in [1.82, 2.24) is 4.31 Å². The van der Waals surface area contributed by atoms with Crippen LogP contribution in [0.25, 0.3) is 0 Å². The molecule has 0 saturated carbocycles. The summed E-state index contributed by atoms with van der Waals surface area (Å²) in [5.41, 5.74) is 0. The molecule has 1 N–H and O–H groups in total. The number of nitrogens with zero attached hydrogens (tertiary/aromatic N) is 1. The molecule has 0 aromatic heterocycles.